The highest BCUT2D eigenvalue weighted by atomic mass is 19.1. The second kappa shape index (κ2) is 8.95. The first-order valence-electron chi connectivity index (χ1n) is 7.48. The Bertz CT molecular complexity index is 637. The van der Waals surface area contributed by atoms with Crippen LogP contribution in [0.1, 0.15) is 23.8 Å². The van der Waals surface area contributed by atoms with Gasteiger partial charge >= 0.3 is 6.09 Å². The fraction of sp³-hybridized carbons (Fsp3) is 0.294. The van der Waals surface area contributed by atoms with Gasteiger partial charge in [0.1, 0.15) is 18.5 Å². The predicted molar refractivity (Wildman–Crippen MR) is 84.4 cm³/mol. The molecule has 0 spiro atoms. The molecule has 0 aliphatic heterocycles. The molecule has 6 nitrogen and oxygen atoms in total. The van der Waals surface area contributed by atoms with E-state index in [-0.39, 0.29) is 25.3 Å². The van der Waals surface area contributed by atoms with Crippen molar-refractivity contribution in [3.05, 3.63) is 65.7 Å². The lowest BCUT2D eigenvalue weighted by Gasteiger charge is -2.17. The van der Waals surface area contributed by atoms with Crippen LogP contribution in [0.3, 0.4) is 0 Å². The number of aromatic nitrogens is 1. The zero-order valence-corrected chi connectivity index (χ0v) is 12.9. The first kappa shape index (κ1) is 17.8. The van der Waals surface area contributed by atoms with E-state index in [0.29, 0.717) is 0 Å². The van der Waals surface area contributed by atoms with Crippen LogP contribution in [0.5, 0.6) is 0 Å². The molecule has 0 aliphatic carbocycles. The van der Waals surface area contributed by atoms with Gasteiger partial charge in [0.25, 0.3) is 0 Å². The Morgan fingerprint density at radius 1 is 1.21 bits per heavy atom. The van der Waals surface area contributed by atoms with Crippen molar-refractivity contribution in [3.8, 4) is 0 Å². The Morgan fingerprint density at radius 3 is 2.62 bits per heavy atom. The highest BCUT2D eigenvalue weighted by molar-refractivity contribution is 5.67. The van der Waals surface area contributed by atoms with E-state index >= 15 is 0 Å². The van der Waals surface area contributed by atoms with Gasteiger partial charge in [-0.25, -0.2) is 9.18 Å². The summed E-state index contributed by atoms with van der Waals surface area (Å²) in [4.78, 5) is 15.3. The van der Waals surface area contributed by atoms with Gasteiger partial charge in [-0.2, -0.15) is 0 Å². The third kappa shape index (κ3) is 5.60. The van der Waals surface area contributed by atoms with Crippen LogP contribution in [0.25, 0.3) is 0 Å². The van der Waals surface area contributed by atoms with Crippen molar-refractivity contribution in [1.29, 1.82) is 0 Å². The van der Waals surface area contributed by atoms with Crippen LogP contribution in [-0.2, 0) is 11.3 Å². The SMILES string of the molecule is O=C(NCCC(O)C(O)c1ccc(F)cn1)OCc1ccccc1. The van der Waals surface area contributed by atoms with Crippen molar-refractivity contribution in [2.24, 2.45) is 0 Å². The lowest BCUT2D eigenvalue weighted by molar-refractivity contribution is 0.0111. The van der Waals surface area contributed by atoms with E-state index in [1.54, 1.807) is 0 Å². The number of benzene rings is 1. The van der Waals surface area contributed by atoms with Gasteiger partial charge in [0, 0.05) is 6.54 Å². The molecule has 2 unspecified atom stereocenters. The summed E-state index contributed by atoms with van der Waals surface area (Å²) in [6.07, 6.45) is -1.95. The molecule has 0 radical (unpaired) electrons. The van der Waals surface area contributed by atoms with Gasteiger partial charge in [0.15, 0.2) is 0 Å². The van der Waals surface area contributed by atoms with E-state index in [2.05, 4.69) is 10.3 Å². The Kier molecular flexibility index (Phi) is 6.65. The number of nitrogens with one attached hydrogen (secondary N) is 1. The molecule has 0 bridgehead atoms. The first-order valence-corrected chi connectivity index (χ1v) is 7.48. The fourth-order valence-corrected chi connectivity index (χ4v) is 2.01. The van der Waals surface area contributed by atoms with Crippen molar-refractivity contribution in [1.82, 2.24) is 10.3 Å². The monoisotopic (exact) mass is 334 g/mol. The van der Waals surface area contributed by atoms with E-state index in [1.165, 1.54) is 6.07 Å². The number of aliphatic hydroxyl groups is 2. The minimum atomic E-state index is -1.26. The molecule has 2 rings (SSSR count). The average molecular weight is 334 g/mol. The highest BCUT2D eigenvalue weighted by Crippen LogP contribution is 2.16. The molecule has 0 saturated heterocycles. The fourth-order valence-electron chi connectivity index (χ4n) is 2.01. The Hall–Kier alpha value is -2.51. The van der Waals surface area contributed by atoms with Gasteiger partial charge in [0.2, 0.25) is 0 Å². The summed E-state index contributed by atoms with van der Waals surface area (Å²) in [5.74, 6) is -0.525. The molecule has 3 N–H and O–H groups in total. The van der Waals surface area contributed by atoms with Crippen molar-refractivity contribution in [3.63, 3.8) is 0 Å². The summed E-state index contributed by atoms with van der Waals surface area (Å²) < 4.78 is 17.8. The van der Waals surface area contributed by atoms with E-state index in [4.69, 9.17) is 4.74 Å². The molecule has 0 saturated carbocycles. The Balaban J connectivity index is 1.68. The quantitative estimate of drug-likeness (QED) is 0.720. The minimum Gasteiger partial charge on any atom is -0.445 e. The average Bonchev–Trinajstić information content (AvgIpc) is 2.61. The molecule has 1 amide bonds. The molecular weight excluding hydrogens is 315 g/mol. The zero-order valence-electron chi connectivity index (χ0n) is 12.9. The number of pyridine rings is 1. The van der Waals surface area contributed by atoms with Crippen molar-refractivity contribution in [2.45, 2.75) is 25.2 Å². The Morgan fingerprint density at radius 2 is 1.96 bits per heavy atom. The number of halogens is 1. The molecular formula is C17H19FN2O4. The van der Waals surface area contributed by atoms with Crippen LogP contribution >= 0.6 is 0 Å². The number of hydrogen-bond acceptors (Lipinski definition) is 5. The summed E-state index contributed by atoms with van der Waals surface area (Å²) in [5, 5.41) is 22.3. The van der Waals surface area contributed by atoms with Gasteiger partial charge < -0.3 is 20.3 Å². The van der Waals surface area contributed by atoms with Gasteiger partial charge in [-0.1, -0.05) is 30.3 Å². The molecule has 1 aromatic carbocycles. The molecule has 2 atom stereocenters. The summed E-state index contributed by atoms with van der Waals surface area (Å²) in [5.41, 5.74) is 1.03. The molecule has 7 heteroatoms. The van der Waals surface area contributed by atoms with Crippen LogP contribution in [0, 0.1) is 5.82 Å². The number of ether oxygens (including phenoxy) is 1. The standard InChI is InChI=1S/C17H19FN2O4/c18-13-6-7-14(20-10-13)16(22)15(21)8-9-19-17(23)24-11-12-4-2-1-3-5-12/h1-7,10,15-16,21-22H,8-9,11H2,(H,19,23). The predicted octanol–water partition coefficient (Wildman–Crippen LogP) is 1.93. The largest absolute Gasteiger partial charge is 0.445 e. The lowest BCUT2D eigenvalue weighted by Crippen LogP contribution is -2.30. The summed E-state index contributed by atoms with van der Waals surface area (Å²) in [6.45, 7) is 0.268. The summed E-state index contributed by atoms with van der Waals surface area (Å²) in [7, 11) is 0. The van der Waals surface area contributed by atoms with Crippen LogP contribution in [0.4, 0.5) is 9.18 Å². The van der Waals surface area contributed by atoms with Gasteiger partial charge in [0.05, 0.1) is 18.0 Å². The first-order chi connectivity index (χ1) is 11.6. The molecule has 24 heavy (non-hydrogen) atoms. The third-order valence-corrected chi connectivity index (χ3v) is 3.34. The number of alkyl carbamates (subject to hydrolysis) is 1. The lowest BCUT2D eigenvalue weighted by atomic mass is 10.1. The number of amides is 1. The number of rotatable bonds is 7. The van der Waals surface area contributed by atoms with E-state index in [9.17, 15) is 19.4 Å². The van der Waals surface area contributed by atoms with Gasteiger partial charge in [-0.15, -0.1) is 0 Å². The van der Waals surface area contributed by atoms with Crippen molar-refractivity contribution in [2.75, 3.05) is 6.54 Å². The molecule has 1 aromatic heterocycles. The normalized spacial score (nSPS) is 13.1. The Labute approximate surface area is 138 Å². The molecule has 0 aliphatic rings. The van der Waals surface area contributed by atoms with E-state index in [1.807, 2.05) is 30.3 Å². The maximum absolute atomic E-state index is 12.8. The number of nitrogens with zero attached hydrogens (tertiary/aromatic N) is 1. The van der Waals surface area contributed by atoms with Crippen LogP contribution in [0.15, 0.2) is 48.7 Å². The number of carbonyl (C=O) groups excluding carboxylic acids is 1. The van der Waals surface area contributed by atoms with Gasteiger partial charge in [-0.3, -0.25) is 4.98 Å². The molecule has 1 heterocycles. The van der Waals surface area contributed by atoms with Gasteiger partial charge in [-0.05, 0) is 24.1 Å². The topological polar surface area (TPSA) is 91.7 Å². The maximum atomic E-state index is 12.8. The second-order valence-electron chi connectivity index (χ2n) is 5.19. The number of carbonyl (C=O) groups is 1. The van der Waals surface area contributed by atoms with E-state index < -0.39 is 24.1 Å². The zero-order chi connectivity index (χ0) is 17.4. The van der Waals surface area contributed by atoms with Crippen LogP contribution in [0.2, 0.25) is 0 Å². The third-order valence-electron chi connectivity index (χ3n) is 3.34. The minimum absolute atomic E-state index is 0.0979. The van der Waals surface area contributed by atoms with Crippen LogP contribution < -0.4 is 5.32 Å². The summed E-state index contributed by atoms with van der Waals surface area (Å²) in [6, 6.07) is 11.7. The number of aliphatic hydroxyl groups excluding tert-OH is 2. The number of hydrogen-bond donors (Lipinski definition) is 3. The van der Waals surface area contributed by atoms with Crippen molar-refractivity contribution >= 4 is 6.09 Å². The van der Waals surface area contributed by atoms with E-state index in [0.717, 1.165) is 17.8 Å². The van der Waals surface area contributed by atoms with Crippen LogP contribution in [-0.4, -0.2) is 33.9 Å². The molecule has 2 aromatic rings. The highest BCUT2D eigenvalue weighted by Gasteiger charge is 2.19. The molecule has 128 valence electrons. The molecule has 0 fully saturated rings. The summed E-state index contributed by atoms with van der Waals surface area (Å²) >= 11 is 0. The smallest absolute Gasteiger partial charge is 0.407 e. The van der Waals surface area contributed by atoms with Crippen molar-refractivity contribution < 1.29 is 24.1 Å². The second-order valence-corrected chi connectivity index (χ2v) is 5.19. The maximum Gasteiger partial charge on any atom is 0.407 e.